The Hall–Kier alpha value is -12.7. The molecule has 48 heteroatoms. The van der Waals surface area contributed by atoms with E-state index in [2.05, 4.69) is 20.0 Å². The van der Waals surface area contributed by atoms with Crippen LogP contribution in [0.5, 0.6) is 0 Å². The first-order valence-electron chi connectivity index (χ1n) is 32.5. The van der Waals surface area contributed by atoms with Crippen LogP contribution in [0.15, 0.2) is 188 Å². The predicted octanol–water partition coefficient (Wildman–Crippen LogP) is 16.5. The number of hydrogen-bond acceptors (Lipinski definition) is 4. The van der Waals surface area contributed by atoms with Crippen LogP contribution in [0.1, 0.15) is 45.6 Å². The van der Waals surface area contributed by atoms with Gasteiger partial charge in [-0.2, -0.15) is 158 Å². The molecule has 0 saturated carbocycles. The summed E-state index contributed by atoms with van der Waals surface area (Å²) in [5.41, 5.74) is -51.7. The van der Waals surface area contributed by atoms with Crippen LogP contribution in [0.3, 0.4) is 0 Å². The second-order valence-electron chi connectivity index (χ2n) is 25.6. The van der Waals surface area contributed by atoms with Crippen molar-refractivity contribution in [1.29, 1.82) is 0 Å². The minimum atomic E-state index is -5.92. The molecular formula is C72H32F36N12. The van der Waals surface area contributed by atoms with Gasteiger partial charge in [0.15, 0.2) is 0 Å². The Labute approximate surface area is 637 Å². The number of hydrogen-bond donors (Lipinski definition) is 8. The van der Waals surface area contributed by atoms with E-state index in [0.717, 1.165) is 0 Å². The van der Waals surface area contributed by atoms with E-state index < -0.39 is 275 Å². The fourth-order valence-corrected chi connectivity index (χ4v) is 13.3. The zero-order valence-electron chi connectivity index (χ0n) is 57.3. The minimum absolute atomic E-state index is 0.150. The Bertz CT molecular complexity index is 6540. The van der Waals surface area contributed by atoms with Crippen molar-refractivity contribution in [2.24, 2.45) is 20.0 Å². The first kappa shape index (κ1) is 85.2. The predicted molar refractivity (Wildman–Crippen MR) is 354 cm³/mol. The van der Waals surface area contributed by atoms with E-state index in [-0.39, 0.29) is 146 Å². The van der Waals surface area contributed by atoms with Crippen molar-refractivity contribution in [1.82, 2.24) is 39.9 Å². The average molecular weight is 1750 g/mol. The van der Waals surface area contributed by atoms with Gasteiger partial charge in [0.05, 0.1) is 134 Å². The van der Waals surface area contributed by atoms with E-state index in [4.69, 9.17) is 0 Å². The standard InChI is InChI=1S/C72H32F36N12/c73-61(74,75)49-25-1-2-26(109-25)50(62(76,77)78)28-5-6-30(111-28)52(64(82,83)84)32-9-10-34(113-32)54(66(88,89)90)36-13-14-38(115-36)56(68(94,95)96)40-17-18-42(117-40)58(70(100,101)102)44-21-22-46(119-44)60(72(106,107)108)48-24-23-47(120-48)59(71(103,104)105)45-20-19-43(118-45)57(69(97,98)99)41-16-15-39(116-41)55(67(91,92)93)37-12-11-35(114-37)53(65(85,86)87)33-8-7-31(112-33)51(63(79,80)81)29-4-3-27(49)110-29/h1-24,109-111,114-116,118-119H. The summed E-state index contributed by atoms with van der Waals surface area (Å²) >= 11 is 0. The molecule has 0 spiro atoms. The van der Waals surface area contributed by atoms with Crippen LogP contribution in [0.4, 0.5) is 158 Å². The van der Waals surface area contributed by atoms with Gasteiger partial charge >= 0.3 is 74.1 Å². The number of nitrogens with zero attached hydrogens (tertiary/aromatic N) is 4. The van der Waals surface area contributed by atoms with Crippen molar-refractivity contribution in [2.75, 3.05) is 0 Å². The number of halogens is 36. The number of nitrogens with one attached hydrogen (secondary N) is 8. The van der Waals surface area contributed by atoms with Gasteiger partial charge in [-0.25, -0.2) is 20.0 Å². The van der Waals surface area contributed by atoms with Crippen LogP contribution in [0.25, 0.3) is 66.9 Å². The molecule has 0 unspecified atom stereocenters. The van der Waals surface area contributed by atoms with Gasteiger partial charge < -0.3 is 39.9 Å². The largest absolute Gasteiger partial charge is 0.420 e. The van der Waals surface area contributed by atoms with E-state index in [1.54, 1.807) is 39.9 Å². The number of allylic oxidation sites excluding steroid dienone is 12. The van der Waals surface area contributed by atoms with Crippen molar-refractivity contribution in [3.05, 3.63) is 257 Å². The van der Waals surface area contributed by atoms with Gasteiger partial charge in [0.25, 0.3) is 0 Å². The number of alkyl halides is 36. The zero-order chi connectivity index (χ0) is 88.2. The highest BCUT2D eigenvalue weighted by Crippen LogP contribution is 2.48. The van der Waals surface area contributed by atoms with Crippen molar-refractivity contribution in [3.63, 3.8) is 0 Å². The lowest BCUT2D eigenvalue weighted by atomic mass is 10.1. The molecule has 0 radical (unpaired) electrons. The summed E-state index contributed by atoms with van der Waals surface area (Å²) in [6, 6.07) is 3.09. The number of fused-ring (bicyclic) bond motifs is 20. The third kappa shape index (κ3) is 16.5. The molecular weight excluding hydrogens is 1720 g/mol. The number of H-pyrrole nitrogens is 8. The summed E-state index contributed by atoms with van der Waals surface area (Å²) in [7, 11) is 0. The first-order chi connectivity index (χ1) is 55.1. The van der Waals surface area contributed by atoms with Gasteiger partial charge in [0.1, 0.15) is 66.9 Å². The zero-order valence-corrected chi connectivity index (χ0v) is 57.3. The molecule has 12 nitrogen and oxygen atoms in total. The lowest BCUT2D eigenvalue weighted by Gasteiger charge is -2.14. The van der Waals surface area contributed by atoms with Gasteiger partial charge in [-0.3, -0.25) is 0 Å². The van der Waals surface area contributed by atoms with Gasteiger partial charge in [-0.15, -0.1) is 0 Å². The average Bonchev–Trinajstić information content (AvgIpc) is 1.64. The van der Waals surface area contributed by atoms with Gasteiger partial charge in [0.2, 0.25) is 0 Å². The molecule has 0 amide bonds. The van der Waals surface area contributed by atoms with Gasteiger partial charge in [0, 0.05) is 0 Å². The van der Waals surface area contributed by atoms with E-state index in [1.165, 1.54) is 0 Å². The highest BCUT2D eigenvalue weighted by Gasteiger charge is 2.50. The third-order valence-corrected chi connectivity index (χ3v) is 17.8. The summed E-state index contributed by atoms with van der Waals surface area (Å²) in [6.07, 6.45) is -69.7. The molecule has 8 N–H and O–H groups in total. The second kappa shape index (κ2) is 28.5. The first-order valence-corrected chi connectivity index (χ1v) is 32.5. The van der Waals surface area contributed by atoms with E-state index in [9.17, 15) is 0 Å². The summed E-state index contributed by atoms with van der Waals surface area (Å²) < 4.78 is 547. The number of aliphatic imine (C=N–C) groups is 4. The topological polar surface area (TPSA) is 176 Å². The molecule has 0 aliphatic carbocycles. The highest BCUT2D eigenvalue weighted by molar-refractivity contribution is 6.30. The summed E-state index contributed by atoms with van der Waals surface area (Å²) in [5.74, 6) is 0. The molecule has 632 valence electrons. The summed E-state index contributed by atoms with van der Waals surface area (Å²) in [5, 5.41) is -12.1. The highest BCUT2D eigenvalue weighted by atomic mass is 19.5. The molecule has 5 aliphatic rings. The maximum Gasteiger partial charge on any atom is 0.420 e. The van der Waals surface area contributed by atoms with Crippen molar-refractivity contribution >= 4 is 89.7 Å². The van der Waals surface area contributed by atoms with Crippen LogP contribution in [-0.2, 0) is 0 Å². The summed E-state index contributed by atoms with van der Waals surface area (Å²) in [4.78, 5) is 26.5. The van der Waals surface area contributed by atoms with Crippen LogP contribution in [-0.4, -0.2) is 137 Å². The quantitative estimate of drug-likeness (QED) is 0.0676. The number of aromatic nitrogens is 8. The molecule has 13 heterocycles. The van der Waals surface area contributed by atoms with E-state index in [0.29, 0.717) is 0 Å². The van der Waals surface area contributed by atoms with Crippen molar-refractivity contribution in [3.8, 4) is 0 Å². The molecule has 0 saturated heterocycles. The molecule has 0 aromatic carbocycles. The third-order valence-electron chi connectivity index (χ3n) is 17.8. The Kier molecular flexibility index (Phi) is 20.2. The Morgan fingerprint density at radius 1 is 0.142 bits per heavy atom. The lowest BCUT2D eigenvalue weighted by molar-refractivity contribution is -0.0713. The molecule has 120 heavy (non-hydrogen) atoms. The molecule has 0 fully saturated rings. The maximum atomic E-state index is 15.2. The monoisotopic (exact) mass is 1750 g/mol. The van der Waals surface area contributed by atoms with Crippen LogP contribution in [0.2, 0.25) is 0 Å². The SMILES string of the molecule is FC(F)(F)C1=C2C=CC(=N2)C(C(F)(F)F)=c2ccc([nH]2)=C(C(F)(F)F)C2=NC(=C(C(F)(F)F)c3ccc([nH]3)C(C(F)(F)F)=c3ccc([nH]3)=C(C(F)(F)F)c3ccc([nH]3)C(C(F)(F)F)=C3C=CC(=N3)C(C(F)(F)F)=c3ccc([nH]3)=C(C(F)(F)F)c3ccc([nH]3)C(C(F)(F)F)=c3ccc([nH]3)=C(C(F)(F)F)C3=NC(=C(C(F)(F)F)c4ccc1[nH]4)C=C3)C=C2. The second-order valence-corrected chi connectivity index (χ2v) is 25.6. The molecule has 5 aliphatic heterocycles. The fraction of sp³-hybridized carbons (Fsp3) is 0.167. The minimum Gasteiger partial charge on any atom is -0.354 e. The smallest absolute Gasteiger partial charge is 0.354 e. The lowest BCUT2D eigenvalue weighted by Crippen LogP contribution is -2.30. The Morgan fingerprint density at radius 3 is 0.400 bits per heavy atom. The number of rotatable bonds is 0. The molecule has 13 rings (SSSR count). The van der Waals surface area contributed by atoms with Crippen LogP contribution >= 0.6 is 0 Å². The van der Waals surface area contributed by atoms with Crippen LogP contribution < -0.4 is 42.8 Å². The van der Waals surface area contributed by atoms with Crippen molar-refractivity contribution in [2.45, 2.75) is 74.1 Å². The maximum absolute atomic E-state index is 15.2. The van der Waals surface area contributed by atoms with Gasteiger partial charge in [-0.05, 0) is 146 Å². The fourth-order valence-electron chi connectivity index (χ4n) is 13.3. The van der Waals surface area contributed by atoms with Crippen molar-refractivity contribution < 1.29 is 158 Å². The Morgan fingerprint density at radius 2 is 0.267 bits per heavy atom. The molecule has 8 aromatic rings. The van der Waals surface area contributed by atoms with Crippen LogP contribution in [0, 0.1) is 0 Å². The van der Waals surface area contributed by atoms with E-state index in [1.807, 2.05) is 0 Å². The van der Waals surface area contributed by atoms with E-state index >= 15 is 158 Å². The number of aromatic amines is 8. The Balaban J connectivity index is 1.05. The normalized spacial score (nSPS) is 17.3. The summed E-state index contributed by atoms with van der Waals surface area (Å²) in [6.45, 7) is 0. The molecule has 0 atom stereocenters. The van der Waals surface area contributed by atoms with Gasteiger partial charge in [-0.1, -0.05) is 0 Å². The molecule has 24 bridgehead atoms. The molecule has 8 aromatic heterocycles.